The Balaban J connectivity index is 1.69. The van der Waals surface area contributed by atoms with E-state index in [0.29, 0.717) is 6.54 Å². The Kier molecular flexibility index (Phi) is 5.05. The molecule has 3 N–H and O–H groups in total. The van der Waals surface area contributed by atoms with E-state index in [1.165, 1.54) is 5.56 Å². The van der Waals surface area contributed by atoms with Crippen LogP contribution in [0.25, 0.3) is 10.7 Å². The number of benzene rings is 1. The number of H-pyrrole nitrogens is 1. The minimum absolute atomic E-state index is 0.604. The third kappa shape index (κ3) is 3.96. The highest BCUT2D eigenvalue weighted by molar-refractivity contribution is 7.15. The van der Waals surface area contributed by atoms with E-state index in [4.69, 9.17) is 17.3 Å². The molecule has 2 aromatic heterocycles. The van der Waals surface area contributed by atoms with Crippen molar-refractivity contribution in [3.05, 3.63) is 51.4 Å². The highest BCUT2D eigenvalue weighted by Gasteiger charge is 2.14. The van der Waals surface area contributed by atoms with E-state index in [2.05, 4.69) is 20.2 Å². The number of aromatic amines is 1. The van der Waals surface area contributed by atoms with Gasteiger partial charge < -0.3 is 5.73 Å². The molecule has 0 atom stereocenters. The maximum absolute atomic E-state index is 5.90. The molecular weight excluding hydrogens is 330 g/mol. The predicted octanol–water partition coefficient (Wildman–Crippen LogP) is 3.18. The van der Waals surface area contributed by atoms with Gasteiger partial charge in [0.05, 0.1) is 15.6 Å². The molecule has 0 aliphatic heterocycles. The Morgan fingerprint density at radius 1 is 1.13 bits per heavy atom. The van der Waals surface area contributed by atoms with Gasteiger partial charge in [-0.25, -0.2) is 9.97 Å². The van der Waals surface area contributed by atoms with E-state index >= 15 is 0 Å². The van der Waals surface area contributed by atoms with Crippen molar-refractivity contribution in [1.82, 2.24) is 20.2 Å². The number of halogens is 1. The van der Waals surface area contributed by atoms with Crippen molar-refractivity contribution in [1.29, 1.82) is 0 Å². The van der Waals surface area contributed by atoms with E-state index < -0.39 is 0 Å². The molecule has 0 aliphatic carbocycles. The van der Waals surface area contributed by atoms with Crippen LogP contribution in [0.2, 0.25) is 5.02 Å². The molecule has 0 unspecified atom stereocenters. The predicted molar refractivity (Wildman–Crippen MR) is 93.8 cm³/mol. The molecule has 1 aromatic carbocycles. The van der Waals surface area contributed by atoms with Crippen LogP contribution in [0, 0.1) is 6.92 Å². The molecule has 0 radical (unpaired) electrons. The van der Waals surface area contributed by atoms with Crippen molar-refractivity contribution < 1.29 is 0 Å². The Labute approximate surface area is 143 Å². The Hall–Kier alpha value is -1.76. The lowest BCUT2D eigenvalue weighted by Crippen LogP contribution is -2.01. The lowest BCUT2D eigenvalue weighted by Gasteiger charge is -1.98. The third-order valence-corrected chi connectivity index (χ3v) is 4.96. The Morgan fingerprint density at radius 3 is 2.65 bits per heavy atom. The molecule has 0 fully saturated rings. The quantitative estimate of drug-likeness (QED) is 0.717. The fourth-order valence-electron chi connectivity index (χ4n) is 2.31. The SMILES string of the molecule is Cc1nc(CCN)sc1-c1n[nH]c(CCc2ccc(Cl)cc2)n1. The van der Waals surface area contributed by atoms with Gasteiger partial charge in [0, 0.05) is 17.9 Å². The smallest absolute Gasteiger partial charge is 0.193 e. The van der Waals surface area contributed by atoms with Gasteiger partial charge in [0.15, 0.2) is 5.82 Å². The lowest BCUT2D eigenvalue weighted by atomic mass is 10.1. The molecule has 0 amide bonds. The first-order valence-electron chi connectivity index (χ1n) is 7.48. The molecule has 5 nitrogen and oxygen atoms in total. The molecule has 120 valence electrons. The number of aromatic nitrogens is 4. The van der Waals surface area contributed by atoms with Gasteiger partial charge >= 0.3 is 0 Å². The highest BCUT2D eigenvalue weighted by Crippen LogP contribution is 2.27. The Morgan fingerprint density at radius 2 is 1.91 bits per heavy atom. The highest BCUT2D eigenvalue weighted by atomic mass is 35.5. The Bertz CT molecular complexity index is 778. The average molecular weight is 348 g/mol. The summed E-state index contributed by atoms with van der Waals surface area (Å²) in [5, 5.41) is 9.14. The van der Waals surface area contributed by atoms with E-state index in [1.807, 2.05) is 31.2 Å². The number of nitrogens with one attached hydrogen (secondary N) is 1. The van der Waals surface area contributed by atoms with Gasteiger partial charge in [-0.15, -0.1) is 11.3 Å². The lowest BCUT2D eigenvalue weighted by molar-refractivity contribution is 0.865. The van der Waals surface area contributed by atoms with E-state index in [-0.39, 0.29) is 0 Å². The summed E-state index contributed by atoms with van der Waals surface area (Å²) in [7, 11) is 0. The van der Waals surface area contributed by atoms with Crippen LogP contribution in [0.1, 0.15) is 22.1 Å². The van der Waals surface area contributed by atoms with Gasteiger partial charge in [0.25, 0.3) is 0 Å². The first-order chi connectivity index (χ1) is 11.2. The van der Waals surface area contributed by atoms with Crippen LogP contribution in [0.3, 0.4) is 0 Å². The molecule has 0 saturated carbocycles. The zero-order valence-corrected chi connectivity index (χ0v) is 14.4. The number of rotatable bonds is 6. The zero-order valence-electron chi connectivity index (χ0n) is 12.8. The molecule has 0 saturated heterocycles. The van der Waals surface area contributed by atoms with Crippen LogP contribution in [0.15, 0.2) is 24.3 Å². The van der Waals surface area contributed by atoms with Crippen molar-refractivity contribution in [2.45, 2.75) is 26.2 Å². The number of nitrogens with two attached hydrogens (primary N) is 1. The van der Waals surface area contributed by atoms with Gasteiger partial charge in [-0.2, -0.15) is 5.10 Å². The van der Waals surface area contributed by atoms with E-state index in [0.717, 1.165) is 51.5 Å². The monoisotopic (exact) mass is 347 g/mol. The van der Waals surface area contributed by atoms with Crippen molar-refractivity contribution in [3.8, 4) is 10.7 Å². The van der Waals surface area contributed by atoms with Crippen molar-refractivity contribution in [2.75, 3.05) is 6.54 Å². The fourth-order valence-corrected chi connectivity index (χ4v) is 3.45. The second kappa shape index (κ2) is 7.21. The number of aryl methyl sites for hydroxylation is 3. The van der Waals surface area contributed by atoms with Gasteiger partial charge in [-0.3, -0.25) is 5.10 Å². The molecule has 0 spiro atoms. The van der Waals surface area contributed by atoms with E-state index in [9.17, 15) is 0 Å². The molecule has 0 bridgehead atoms. The first kappa shape index (κ1) is 16.1. The minimum atomic E-state index is 0.604. The normalized spacial score (nSPS) is 11.1. The summed E-state index contributed by atoms with van der Waals surface area (Å²) in [6, 6.07) is 7.88. The largest absolute Gasteiger partial charge is 0.330 e. The number of hydrogen-bond acceptors (Lipinski definition) is 5. The molecule has 0 aliphatic rings. The van der Waals surface area contributed by atoms with Gasteiger partial charge in [0.1, 0.15) is 5.82 Å². The first-order valence-corrected chi connectivity index (χ1v) is 8.67. The van der Waals surface area contributed by atoms with Crippen molar-refractivity contribution in [3.63, 3.8) is 0 Å². The van der Waals surface area contributed by atoms with Crippen LogP contribution < -0.4 is 5.73 Å². The second-order valence-electron chi connectivity index (χ2n) is 5.29. The summed E-state index contributed by atoms with van der Waals surface area (Å²) in [4.78, 5) is 10.1. The standard InChI is InChI=1S/C16H18ClN5S/c1-10-15(23-14(19-10)8-9-18)16-20-13(21-22-16)7-4-11-2-5-12(17)6-3-11/h2-3,5-6H,4,7-9,18H2,1H3,(H,20,21,22). The molecule has 2 heterocycles. The van der Waals surface area contributed by atoms with Crippen LogP contribution in [0.4, 0.5) is 0 Å². The van der Waals surface area contributed by atoms with Crippen molar-refractivity contribution >= 4 is 22.9 Å². The summed E-state index contributed by atoms with van der Waals surface area (Å²) in [6.07, 6.45) is 2.49. The van der Waals surface area contributed by atoms with Gasteiger partial charge in [-0.05, 0) is 37.6 Å². The third-order valence-electron chi connectivity index (χ3n) is 3.50. The van der Waals surface area contributed by atoms with Crippen molar-refractivity contribution in [2.24, 2.45) is 5.73 Å². The fraction of sp³-hybridized carbons (Fsp3) is 0.312. The summed E-state index contributed by atoms with van der Waals surface area (Å²) in [5.41, 5.74) is 7.78. The zero-order chi connectivity index (χ0) is 16.2. The van der Waals surface area contributed by atoms with Gasteiger partial charge in [-0.1, -0.05) is 23.7 Å². The van der Waals surface area contributed by atoms with Crippen LogP contribution >= 0.6 is 22.9 Å². The molecule has 3 rings (SSSR count). The summed E-state index contributed by atoms with van der Waals surface area (Å²) in [6.45, 7) is 2.59. The number of nitrogens with zero attached hydrogens (tertiary/aromatic N) is 3. The van der Waals surface area contributed by atoms with E-state index in [1.54, 1.807) is 11.3 Å². The summed E-state index contributed by atoms with van der Waals surface area (Å²) in [5.74, 6) is 1.59. The number of hydrogen-bond donors (Lipinski definition) is 2. The average Bonchev–Trinajstić information content (AvgIpc) is 3.14. The topological polar surface area (TPSA) is 80.5 Å². The maximum Gasteiger partial charge on any atom is 0.193 e. The summed E-state index contributed by atoms with van der Waals surface area (Å²) >= 11 is 7.51. The van der Waals surface area contributed by atoms with Crippen LogP contribution in [0.5, 0.6) is 0 Å². The minimum Gasteiger partial charge on any atom is -0.330 e. The molecular formula is C16H18ClN5S. The molecule has 23 heavy (non-hydrogen) atoms. The van der Waals surface area contributed by atoms with Crippen LogP contribution in [-0.2, 0) is 19.3 Å². The second-order valence-corrected chi connectivity index (χ2v) is 6.81. The van der Waals surface area contributed by atoms with Gasteiger partial charge in [0.2, 0.25) is 0 Å². The number of thiazole rings is 1. The molecule has 3 aromatic rings. The maximum atomic E-state index is 5.90. The van der Waals surface area contributed by atoms with Crippen LogP contribution in [-0.4, -0.2) is 26.7 Å². The molecule has 7 heteroatoms. The summed E-state index contributed by atoms with van der Waals surface area (Å²) < 4.78 is 0.